The molecule has 92 valence electrons. The molecule has 1 aromatic rings. The van der Waals surface area contributed by atoms with Gasteiger partial charge in [0.25, 0.3) is 0 Å². The molecule has 1 aliphatic carbocycles. The maximum Gasteiger partial charge on any atom is 0.239 e. The van der Waals surface area contributed by atoms with Gasteiger partial charge in [0.05, 0.1) is 10.4 Å². The first-order chi connectivity index (χ1) is 8.08. The lowest BCUT2D eigenvalue weighted by Crippen LogP contribution is -2.50. The average molecular weight is 270 g/mol. The number of aryl methyl sites for hydroxylation is 1. The average Bonchev–Trinajstić information content (AvgIpc) is 2.62. The lowest BCUT2D eigenvalue weighted by atomic mass is 9.68. The van der Waals surface area contributed by atoms with Crippen LogP contribution in [-0.2, 0) is 11.2 Å². The van der Waals surface area contributed by atoms with Crippen molar-refractivity contribution in [2.24, 2.45) is 11.1 Å². The number of rotatable bonds is 4. The minimum Gasteiger partial charge on any atom is -0.392 e. The van der Waals surface area contributed by atoms with Crippen LogP contribution < -0.4 is 11.1 Å². The zero-order valence-corrected chi connectivity index (χ0v) is 11.2. The van der Waals surface area contributed by atoms with Crippen LogP contribution in [0, 0.1) is 5.41 Å². The van der Waals surface area contributed by atoms with Crippen LogP contribution in [0.4, 0.5) is 5.13 Å². The van der Waals surface area contributed by atoms with Gasteiger partial charge in [-0.2, -0.15) is 0 Å². The van der Waals surface area contributed by atoms with E-state index in [2.05, 4.69) is 15.5 Å². The molecule has 1 aromatic heterocycles. The van der Waals surface area contributed by atoms with Crippen LogP contribution in [0.25, 0.3) is 0 Å². The Morgan fingerprint density at radius 3 is 2.71 bits per heavy atom. The van der Waals surface area contributed by atoms with Gasteiger partial charge < -0.3 is 5.73 Å². The third-order valence-corrected chi connectivity index (χ3v) is 4.48. The number of hydrogen-bond donors (Lipinski definition) is 2. The molecule has 0 unspecified atom stereocenters. The lowest BCUT2D eigenvalue weighted by molar-refractivity contribution is -0.125. The smallest absolute Gasteiger partial charge is 0.239 e. The monoisotopic (exact) mass is 270 g/mol. The van der Waals surface area contributed by atoms with Gasteiger partial charge in [-0.25, -0.2) is 0 Å². The van der Waals surface area contributed by atoms with Crippen molar-refractivity contribution in [3.05, 3.63) is 5.01 Å². The van der Waals surface area contributed by atoms with Crippen molar-refractivity contribution < 1.29 is 4.79 Å². The predicted molar refractivity (Wildman–Crippen MR) is 71.0 cm³/mol. The summed E-state index contributed by atoms with van der Waals surface area (Å²) in [5.74, 6) is -0.143. The van der Waals surface area contributed by atoms with Crippen LogP contribution in [0.2, 0.25) is 0 Å². The minimum atomic E-state index is -0.659. The molecule has 0 aliphatic heterocycles. The second-order valence-electron chi connectivity index (χ2n) is 4.11. The van der Waals surface area contributed by atoms with Crippen molar-refractivity contribution in [3.63, 3.8) is 0 Å². The number of amides is 1. The second kappa shape index (κ2) is 4.66. The standard InChI is InChI=1S/C10H14N4OS2/c1-2-6-13-14-9(17-6)12-8(15)10(7(11)16)4-3-5-10/h2-5H2,1H3,(H2,11,16)(H,12,14,15). The van der Waals surface area contributed by atoms with E-state index in [0.29, 0.717) is 5.13 Å². The summed E-state index contributed by atoms with van der Waals surface area (Å²) >= 11 is 6.37. The highest BCUT2D eigenvalue weighted by Crippen LogP contribution is 2.42. The molecule has 7 heteroatoms. The Balaban J connectivity index is 2.08. The van der Waals surface area contributed by atoms with E-state index in [-0.39, 0.29) is 10.9 Å². The van der Waals surface area contributed by atoms with E-state index in [4.69, 9.17) is 18.0 Å². The quantitative estimate of drug-likeness (QED) is 0.810. The fraction of sp³-hybridized carbons (Fsp3) is 0.600. The first-order valence-corrected chi connectivity index (χ1v) is 6.74. The van der Waals surface area contributed by atoms with Crippen LogP contribution in [0.5, 0.6) is 0 Å². The van der Waals surface area contributed by atoms with Gasteiger partial charge in [-0.05, 0) is 19.3 Å². The molecule has 1 fully saturated rings. The molecule has 0 saturated heterocycles. The van der Waals surface area contributed by atoms with Gasteiger partial charge in [-0.15, -0.1) is 10.2 Å². The van der Waals surface area contributed by atoms with Gasteiger partial charge in [0, 0.05) is 0 Å². The van der Waals surface area contributed by atoms with Gasteiger partial charge in [-0.1, -0.05) is 36.9 Å². The molecule has 1 aliphatic rings. The van der Waals surface area contributed by atoms with Crippen molar-refractivity contribution in [3.8, 4) is 0 Å². The van der Waals surface area contributed by atoms with Gasteiger partial charge in [0.2, 0.25) is 11.0 Å². The number of carbonyl (C=O) groups excluding carboxylic acids is 1. The molecular formula is C10H14N4OS2. The number of aromatic nitrogens is 2. The molecule has 2 rings (SSSR count). The van der Waals surface area contributed by atoms with Crippen molar-refractivity contribution in [2.75, 3.05) is 5.32 Å². The molecule has 0 radical (unpaired) electrons. The molecule has 1 amide bonds. The Morgan fingerprint density at radius 2 is 2.29 bits per heavy atom. The number of carbonyl (C=O) groups is 1. The maximum absolute atomic E-state index is 12.1. The van der Waals surface area contributed by atoms with E-state index < -0.39 is 5.41 Å². The van der Waals surface area contributed by atoms with Gasteiger partial charge in [0.15, 0.2) is 0 Å². The summed E-state index contributed by atoms with van der Waals surface area (Å²) in [7, 11) is 0. The minimum absolute atomic E-state index is 0.143. The summed E-state index contributed by atoms with van der Waals surface area (Å²) in [4.78, 5) is 12.4. The van der Waals surface area contributed by atoms with E-state index in [0.717, 1.165) is 30.7 Å². The number of thiocarbonyl (C=S) groups is 1. The Hall–Kier alpha value is -1.08. The van der Waals surface area contributed by atoms with Crippen molar-refractivity contribution in [1.82, 2.24) is 10.2 Å². The highest BCUT2D eigenvalue weighted by molar-refractivity contribution is 7.80. The van der Waals surface area contributed by atoms with Crippen LogP contribution in [0.1, 0.15) is 31.2 Å². The lowest BCUT2D eigenvalue weighted by Gasteiger charge is -2.38. The first kappa shape index (κ1) is 12.4. The summed E-state index contributed by atoms with van der Waals surface area (Å²) in [5.41, 5.74) is 5.00. The molecular weight excluding hydrogens is 256 g/mol. The normalized spacial score (nSPS) is 17.2. The molecule has 0 spiro atoms. The van der Waals surface area contributed by atoms with Gasteiger partial charge >= 0.3 is 0 Å². The third kappa shape index (κ3) is 2.16. The first-order valence-electron chi connectivity index (χ1n) is 5.52. The van der Waals surface area contributed by atoms with E-state index in [9.17, 15) is 4.79 Å². The number of nitrogens with two attached hydrogens (primary N) is 1. The van der Waals surface area contributed by atoms with Crippen LogP contribution in [0.3, 0.4) is 0 Å². The highest BCUT2D eigenvalue weighted by atomic mass is 32.1. The van der Waals surface area contributed by atoms with E-state index >= 15 is 0 Å². The number of anilines is 1. The van der Waals surface area contributed by atoms with Gasteiger partial charge in [-0.3, -0.25) is 10.1 Å². The Bertz CT molecular complexity index is 453. The molecule has 0 aromatic carbocycles. The number of nitrogens with one attached hydrogen (secondary N) is 1. The Morgan fingerprint density at radius 1 is 1.59 bits per heavy atom. The van der Waals surface area contributed by atoms with Crippen molar-refractivity contribution >= 4 is 39.6 Å². The zero-order chi connectivity index (χ0) is 12.5. The predicted octanol–water partition coefficient (Wildman–Crippen LogP) is 1.50. The van der Waals surface area contributed by atoms with E-state index in [1.807, 2.05) is 6.92 Å². The fourth-order valence-electron chi connectivity index (χ4n) is 1.78. The Kier molecular flexibility index (Phi) is 3.39. The molecule has 5 nitrogen and oxygen atoms in total. The number of hydrogen-bond acceptors (Lipinski definition) is 5. The summed E-state index contributed by atoms with van der Waals surface area (Å²) in [6.07, 6.45) is 3.26. The summed E-state index contributed by atoms with van der Waals surface area (Å²) in [6.45, 7) is 1.99. The van der Waals surface area contributed by atoms with Crippen LogP contribution in [-0.4, -0.2) is 21.1 Å². The van der Waals surface area contributed by atoms with Crippen LogP contribution >= 0.6 is 23.6 Å². The molecule has 0 atom stereocenters. The molecule has 17 heavy (non-hydrogen) atoms. The van der Waals surface area contributed by atoms with Gasteiger partial charge in [0.1, 0.15) is 5.01 Å². The third-order valence-electron chi connectivity index (χ3n) is 3.10. The Labute approximate surface area is 109 Å². The van der Waals surface area contributed by atoms with Crippen LogP contribution in [0.15, 0.2) is 0 Å². The summed E-state index contributed by atoms with van der Waals surface area (Å²) in [5, 5.41) is 12.0. The fourth-order valence-corrected chi connectivity index (χ4v) is 2.75. The molecule has 0 bridgehead atoms. The number of nitrogens with zero attached hydrogens (tertiary/aromatic N) is 2. The highest BCUT2D eigenvalue weighted by Gasteiger charge is 2.47. The van der Waals surface area contributed by atoms with Crippen molar-refractivity contribution in [1.29, 1.82) is 0 Å². The zero-order valence-electron chi connectivity index (χ0n) is 9.52. The topological polar surface area (TPSA) is 80.9 Å². The second-order valence-corrected chi connectivity index (χ2v) is 5.61. The summed E-state index contributed by atoms with van der Waals surface area (Å²) < 4.78 is 0. The summed E-state index contributed by atoms with van der Waals surface area (Å²) in [6, 6.07) is 0. The SMILES string of the molecule is CCc1nnc(NC(=O)C2(C(N)=S)CCC2)s1. The molecule has 1 saturated carbocycles. The largest absolute Gasteiger partial charge is 0.392 e. The molecule has 3 N–H and O–H groups in total. The maximum atomic E-state index is 12.1. The van der Waals surface area contributed by atoms with E-state index in [1.54, 1.807) is 0 Å². The molecule has 1 heterocycles. The van der Waals surface area contributed by atoms with Crippen molar-refractivity contribution in [2.45, 2.75) is 32.6 Å². The van der Waals surface area contributed by atoms with E-state index in [1.165, 1.54) is 11.3 Å².